The summed E-state index contributed by atoms with van der Waals surface area (Å²) in [6.45, 7) is 15.3. The van der Waals surface area contributed by atoms with Gasteiger partial charge in [-0.2, -0.15) is 0 Å². The first-order valence-electron chi connectivity index (χ1n) is 8.24. The minimum absolute atomic E-state index is 0.244. The molecule has 1 heterocycles. The van der Waals surface area contributed by atoms with Crippen molar-refractivity contribution in [2.24, 2.45) is 10.9 Å². The molecule has 1 aliphatic rings. The molecule has 1 saturated heterocycles. The van der Waals surface area contributed by atoms with Crippen molar-refractivity contribution < 1.29 is 9.84 Å². The molecule has 1 rings (SSSR count). The number of β-amino-alcohol motifs (C(OH)–C–C–N with tert-alkyl or cyclic N) is 1. The number of aliphatic imine (C=N–C) groups is 1. The van der Waals surface area contributed by atoms with Gasteiger partial charge in [-0.25, -0.2) is 0 Å². The van der Waals surface area contributed by atoms with E-state index in [1.54, 1.807) is 0 Å². The quantitative estimate of drug-likeness (QED) is 0.603. The van der Waals surface area contributed by atoms with E-state index < -0.39 is 0 Å². The van der Waals surface area contributed by atoms with E-state index in [1.165, 1.54) is 0 Å². The number of allylic oxidation sites excluding steroid dienone is 1. The van der Waals surface area contributed by atoms with Crippen LogP contribution in [0.3, 0.4) is 0 Å². The lowest BCUT2D eigenvalue weighted by Crippen LogP contribution is -2.38. The second kappa shape index (κ2) is 11.8. The normalized spacial score (nSPS) is 18.5. The fraction of sp³-hybridized carbons (Fsp3) is 0.824. The molecule has 4 nitrogen and oxygen atoms in total. The Morgan fingerprint density at radius 3 is 2.33 bits per heavy atom. The summed E-state index contributed by atoms with van der Waals surface area (Å²) in [5, 5.41) is 8.90. The van der Waals surface area contributed by atoms with Gasteiger partial charge in [-0.1, -0.05) is 27.7 Å². The van der Waals surface area contributed by atoms with E-state index in [2.05, 4.69) is 23.7 Å². The topological polar surface area (TPSA) is 45.1 Å². The van der Waals surface area contributed by atoms with Crippen LogP contribution in [0.2, 0.25) is 0 Å². The summed E-state index contributed by atoms with van der Waals surface area (Å²) in [7, 11) is 0. The zero-order chi connectivity index (χ0) is 16.3. The molecule has 4 heteroatoms. The molecule has 0 saturated carbocycles. The molecule has 1 aliphatic heterocycles. The van der Waals surface area contributed by atoms with Crippen molar-refractivity contribution in [3.8, 4) is 0 Å². The zero-order valence-corrected chi connectivity index (χ0v) is 14.7. The summed E-state index contributed by atoms with van der Waals surface area (Å²) in [5.41, 5.74) is 1.13. The van der Waals surface area contributed by atoms with Gasteiger partial charge in [-0.05, 0) is 32.6 Å². The minimum atomic E-state index is 0.244. The third kappa shape index (κ3) is 8.89. The van der Waals surface area contributed by atoms with Gasteiger partial charge in [0.1, 0.15) is 11.9 Å². The fourth-order valence-corrected chi connectivity index (χ4v) is 2.03. The van der Waals surface area contributed by atoms with Crippen molar-refractivity contribution in [2.75, 3.05) is 26.2 Å². The Labute approximate surface area is 130 Å². The van der Waals surface area contributed by atoms with Crippen LogP contribution in [0.5, 0.6) is 0 Å². The summed E-state index contributed by atoms with van der Waals surface area (Å²) in [5.74, 6) is 1.37. The Balaban J connectivity index is 0.00000191. The monoisotopic (exact) mass is 298 g/mol. The molecule has 0 bridgehead atoms. The van der Waals surface area contributed by atoms with Crippen LogP contribution in [-0.2, 0) is 4.74 Å². The molecular weight excluding hydrogens is 264 g/mol. The molecule has 1 fully saturated rings. The van der Waals surface area contributed by atoms with Crippen LogP contribution < -0.4 is 0 Å². The van der Waals surface area contributed by atoms with Crippen molar-refractivity contribution in [1.82, 2.24) is 4.90 Å². The number of nitrogens with zero attached hydrogens (tertiary/aromatic N) is 2. The van der Waals surface area contributed by atoms with Gasteiger partial charge in [-0.3, -0.25) is 4.99 Å². The molecule has 0 aliphatic carbocycles. The minimum Gasteiger partial charge on any atom is -0.493 e. The lowest BCUT2D eigenvalue weighted by atomic mass is 10.1. The Hall–Kier alpha value is -0.870. The van der Waals surface area contributed by atoms with E-state index >= 15 is 0 Å². The van der Waals surface area contributed by atoms with E-state index in [-0.39, 0.29) is 6.61 Å². The summed E-state index contributed by atoms with van der Waals surface area (Å²) >= 11 is 0. The smallest absolute Gasteiger partial charge is 0.111 e. The predicted molar refractivity (Wildman–Crippen MR) is 90.7 cm³/mol. The standard InChI is InChI=1S/C15H28N2O2.C2H6/c1-12(2)14(4)16-11-13(3)19-15-5-7-17(8-6-15)9-10-18;1-2/h11-12,15,18H,5-10H2,1-4H3;1-2H3/b13-11+,16-14?;. The van der Waals surface area contributed by atoms with Gasteiger partial charge in [0.25, 0.3) is 0 Å². The second-order valence-electron chi connectivity index (χ2n) is 5.55. The third-order valence-electron chi connectivity index (χ3n) is 3.59. The van der Waals surface area contributed by atoms with E-state index in [0.29, 0.717) is 12.0 Å². The average Bonchev–Trinajstić information content (AvgIpc) is 2.49. The number of hydrogen-bond donors (Lipinski definition) is 1. The summed E-state index contributed by atoms with van der Waals surface area (Å²) in [4.78, 5) is 6.70. The molecule has 0 spiro atoms. The molecule has 0 aromatic rings. The van der Waals surface area contributed by atoms with Crippen LogP contribution in [0.25, 0.3) is 0 Å². The number of aliphatic hydroxyl groups is 1. The molecule has 0 radical (unpaired) electrons. The number of rotatable bonds is 6. The molecular formula is C17H34N2O2. The SMILES string of the molecule is CC.CC(=N/C=C(\C)OC1CCN(CCO)CC1)C(C)C. The second-order valence-corrected chi connectivity index (χ2v) is 5.55. The summed E-state index contributed by atoms with van der Waals surface area (Å²) < 4.78 is 5.91. The molecule has 0 atom stereocenters. The number of hydrogen-bond acceptors (Lipinski definition) is 4. The number of piperidine rings is 1. The largest absolute Gasteiger partial charge is 0.493 e. The molecule has 0 aromatic heterocycles. The molecule has 21 heavy (non-hydrogen) atoms. The Morgan fingerprint density at radius 1 is 1.29 bits per heavy atom. The van der Waals surface area contributed by atoms with E-state index in [9.17, 15) is 0 Å². The molecule has 0 amide bonds. The van der Waals surface area contributed by atoms with Crippen LogP contribution in [0.1, 0.15) is 54.4 Å². The van der Waals surface area contributed by atoms with Gasteiger partial charge in [0.05, 0.1) is 12.8 Å². The van der Waals surface area contributed by atoms with Gasteiger partial charge in [-0.15, -0.1) is 0 Å². The molecule has 124 valence electrons. The Morgan fingerprint density at radius 2 is 1.86 bits per heavy atom. The van der Waals surface area contributed by atoms with E-state index in [4.69, 9.17) is 9.84 Å². The fourth-order valence-electron chi connectivity index (χ4n) is 2.03. The lowest BCUT2D eigenvalue weighted by Gasteiger charge is -2.31. The summed E-state index contributed by atoms with van der Waals surface area (Å²) in [6, 6.07) is 0. The maximum Gasteiger partial charge on any atom is 0.111 e. The highest BCUT2D eigenvalue weighted by atomic mass is 16.5. The number of likely N-dealkylation sites (tertiary alicyclic amines) is 1. The average molecular weight is 298 g/mol. The van der Waals surface area contributed by atoms with Crippen molar-refractivity contribution in [3.63, 3.8) is 0 Å². The predicted octanol–water partition coefficient (Wildman–Crippen LogP) is 3.46. The Bertz CT molecular complexity index is 317. The maximum atomic E-state index is 8.90. The van der Waals surface area contributed by atoms with E-state index in [0.717, 1.165) is 43.9 Å². The first kappa shape index (κ1) is 20.1. The van der Waals surface area contributed by atoms with Gasteiger partial charge in [0.2, 0.25) is 0 Å². The number of ether oxygens (including phenoxy) is 1. The zero-order valence-electron chi connectivity index (χ0n) is 14.7. The van der Waals surface area contributed by atoms with Crippen molar-refractivity contribution in [3.05, 3.63) is 12.0 Å². The lowest BCUT2D eigenvalue weighted by molar-refractivity contribution is 0.0453. The molecule has 0 aromatic carbocycles. The summed E-state index contributed by atoms with van der Waals surface area (Å²) in [6.07, 6.45) is 4.17. The molecule has 0 unspecified atom stereocenters. The van der Waals surface area contributed by atoms with Crippen LogP contribution in [-0.4, -0.2) is 48.1 Å². The van der Waals surface area contributed by atoms with Gasteiger partial charge in [0.15, 0.2) is 0 Å². The highest BCUT2D eigenvalue weighted by Gasteiger charge is 2.19. The van der Waals surface area contributed by atoms with Crippen LogP contribution in [0.15, 0.2) is 17.0 Å². The highest BCUT2D eigenvalue weighted by molar-refractivity contribution is 5.84. The van der Waals surface area contributed by atoms with Crippen LogP contribution >= 0.6 is 0 Å². The first-order chi connectivity index (χ1) is 10.0. The van der Waals surface area contributed by atoms with Crippen molar-refractivity contribution >= 4 is 5.71 Å². The molecule has 1 N–H and O–H groups in total. The Kier molecular flexibility index (Phi) is 11.3. The van der Waals surface area contributed by atoms with Crippen LogP contribution in [0, 0.1) is 5.92 Å². The van der Waals surface area contributed by atoms with Gasteiger partial charge in [0, 0.05) is 25.3 Å². The first-order valence-corrected chi connectivity index (χ1v) is 8.24. The van der Waals surface area contributed by atoms with Crippen molar-refractivity contribution in [2.45, 2.75) is 60.5 Å². The third-order valence-corrected chi connectivity index (χ3v) is 3.59. The van der Waals surface area contributed by atoms with E-state index in [1.807, 2.05) is 33.9 Å². The van der Waals surface area contributed by atoms with Crippen LogP contribution in [0.4, 0.5) is 0 Å². The van der Waals surface area contributed by atoms with Gasteiger partial charge < -0.3 is 14.7 Å². The van der Waals surface area contributed by atoms with Gasteiger partial charge >= 0.3 is 0 Å². The van der Waals surface area contributed by atoms with Crippen molar-refractivity contribution in [1.29, 1.82) is 0 Å². The highest BCUT2D eigenvalue weighted by Crippen LogP contribution is 2.16. The number of aliphatic hydroxyl groups excluding tert-OH is 1. The maximum absolute atomic E-state index is 8.90.